The van der Waals surface area contributed by atoms with Gasteiger partial charge in [0.05, 0.1) is 65.0 Å². The molecule has 44 heavy (non-hydrogen) atoms. The van der Waals surface area contributed by atoms with E-state index in [1.165, 1.54) is 0 Å². The van der Waals surface area contributed by atoms with Crippen LogP contribution in [0.15, 0.2) is 59.0 Å². The molecule has 14 heteroatoms. The molecule has 0 radical (unpaired) electrons. The number of aromatic nitrogens is 2. The summed E-state index contributed by atoms with van der Waals surface area (Å²) >= 11 is 0. The van der Waals surface area contributed by atoms with Crippen molar-refractivity contribution in [2.75, 3.05) is 65.2 Å². The fourth-order valence-corrected chi connectivity index (χ4v) is 4.79. The first-order chi connectivity index (χ1) is 21.3. The molecule has 0 spiro atoms. The lowest BCUT2D eigenvalue weighted by Gasteiger charge is -2.08. The number of hydrogen-bond acceptors (Lipinski definition) is 10. The summed E-state index contributed by atoms with van der Waals surface area (Å²) in [5, 5.41) is 9.62. The minimum atomic E-state index is -4.03. The Hall–Kier alpha value is -3.66. The number of benzene rings is 2. The summed E-state index contributed by atoms with van der Waals surface area (Å²) in [7, 11) is -4.03. The van der Waals surface area contributed by atoms with E-state index in [0.717, 1.165) is 16.6 Å². The van der Waals surface area contributed by atoms with E-state index in [-0.39, 0.29) is 31.8 Å². The summed E-state index contributed by atoms with van der Waals surface area (Å²) < 4.78 is 66.5. The zero-order chi connectivity index (χ0) is 31.2. The number of carboxylic acids is 1. The second-order valence-corrected chi connectivity index (χ2v) is 11.2. The maximum atomic E-state index is 10.9. The second-order valence-electron chi connectivity index (χ2n) is 9.66. The molecule has 4 rings (SSSR count). The van der Waals surface area contributed by atoms with Gasteiger partial charge in [-0.25, -0.2) is 4.98 Å². The van der Waals surface area contributed by atoms with Crippen LogP contribution in [0.4, 0.5) is 0 Å². The van der Waals surface area contributed by atoms with Gasteiger partial charge in [-0.15, -0.1) is 0 Å². The van der Waals surface area contributed by atoms with Crippen molar-refractivity contribution < 1.29 is 55.5 Å². The van der Waals surface area contributed by atoms with Crippen molar-refractivity contribution in [3.8, 4) is 17.3 Å². The fourth-order valence-electron chi connectivity index (χ4n) is 4.30. The van der Waals surface area contributed by atoms with Gasteiger partial charge in [0.2, 0.25) is 5.52 Å². The average molecular weight is 634 g/mol. The van der Waals surface area contributed by atoms with Crippen LogP contribution in [0.5, 0.6) is 5.75 Å². The van der Waals surface area contributed by atoms with Crippen LogP contribution in [0.3, 0.4) is 0 Å². The van der Waals surface area contributed by atoms with E-state index in [1.54, 1.807) is 18.2 Å². The van der Waals surface area contributed by atoms with Gasteiger partial charge >= 0.3 is 5.97 Å². The van der Waals surface area contributed by atoms with Crippen molar-refractivity contribution in [1.29, 1.82) is 0 Å². The summed E-state index contributed by atoms with van der Waals surface area (Å²) in [6, 6.07) is 17.2. The van der Waals surface area contributed by atoms with Gasteiger partial charge in [-0.1, -0.05) is 12.1 Å². The molecule has 2 heterocycles. The number of fused-ring (bicyclic) bond motifs is 2. The summed E-state index contributed by atoms with van der Waals surface area (Å²) in [5.41, 5.74) is 2.95. The minimum absolute atomic E-state index is 0.0236. The van der Waals surface area contributed by atoms with Crippen LogP contribution in [0.25, 0.3) is 33.6 Å². The molecule has 0 amide bonds. The van der Waals surface area contributed by atoms with Crippen molar-refractivity contribution in [3.05, 3.63) is 54.6 Å². The fraction of sp³-hybridized carbons (Fsp3) is 0.433. The number of aliphatic carboxylic acids is 1. The molecule has 0 aliphatic rings. The molecule has 2 N–H and O–H groups in total. The van der Waals surface area contributed by atoms with E-state index >= 15 is 0 Å². The van der Waals surface area contributed by atoms with E-state index in [4.69, 9.17) is 37.8 Å². The third-order valence-electron chi connectivity index (χ3n) is 6.37. The quantitative estimate of drug-likeness (QED) is 0.0783. The highest BCUT2D eigenvalue weighted by Crippen LogP contribution is 2.27. The number of pyridine rings is 1. The number of ether oxygens (including phenoxy) is 5. The Labute approximate surface area is 255 Å². The first-order valence-corrected chi connectivity index (χ1v) is 15.8. The van der Waals surface area contributed by atoms with Crippen molar-refractivity contribution >= 4 is 38.1 Å². The molecule has 2 aromatic heterocycles. The Morgan fingerprint density at radius 3 is 2.23 bits per heavy atom. The van der Waals surface area contributed by atoms with E-state index in [9.17, 15) is 13.2 Å². The van der Waals surface area contributed by atoms with Gasteiger partial charge in [-0.05, 0) is 30.7 Å². The molecule has 238 valence electrons. The Morgan fingerprint density at radius 1 is 0.841 bits per heavy atom. The lowest BCUT2D eigenvalue weighted by molar-refractivity contribution is -0.663. The number of carboxylic acid groups (broad SMARTS) is 1. The van der Waals surface area contributed by atoms with Crippen LogP contribution in [0.1, 0.15) is 12.8 Å². The molecule has 0 atom stereocenters. The minimum Gasteiger partial charge on any atom is -0.493 e. The van der Waals surface area contributed by atoms with E-state index in [2.05, 4.69) is 9.55 Å². The zero-order valence-electron chi connectivity index (χ0n) is 24.3. The third-order valence-corrected chi connectivity index (χ3v) is 7.17. The Balaban J connectivity index is 1.27. The van der Waals surface area contributed by atoms with E-state index in [1.807, 2.05) is 36.4 Å². The van der Waals surface area contributed by atoms with Crippen LogP contribution in [0.2, 0.25) is 0 Å². The normalized spacial score (nSPS) is 11.8. The SMILES string of the molecule is O=C(O)CCOCCOCCOCCOCC[n+]1c(-c2nc3ccc(OCCCS(=O)(=O)O)cc3o2)ccc2ccccc21. The molecule has 0 bridgehead atoms. The van der Waals surface area contributed by atoms with Crippen LogP contribution in [0, 0.1) is 0 Å². The number of para-hydroxylation sites is 1. The first kappa shape index (κ1) is 33.2. The molecule has 0 unspecified atom stereocenters. The van der Waals surface area contributed by atoms with Gasteiger partial charge in [0.25, 0.3) is 21.7 Å². The number of carbonyl (C=O) groups is 1. The van der Waals surface area contributed by atoms with Crippen molar-refractivity contribution in [3.63, 3.8) is 0 Å². The highest BCUT2D eigenvalue weighted by molar-refractivity contribution is 7.85. The van der Waals surface area contributed by atoms with Crippen LogP contribution in [-0.2, 0) is 40.4 Å². The highest BCUT2D eigenvalue weighted by Gasteiger charge is 2.22. The molecule has 0 aliphatic carbocycles. The zero-order valence-corrected chi connectivity index (χ0v) is 25.1. The predicted octanol–water partition coefficient (Wildman–Crippen LogP) is 3.13. The van der Waals surface area contributed by atoms with Gasteiger partial charge in [0.15, 0.2) is 12.1 Å². The number of oxazole rings is 1. The molecule has 4 aromatic rings. The largest absolute Gasteiger partial charge is 0.493 e. The van der Waals surface area contributed by atoms with Gasteiger partial charge in [-0.2, -0.15) is 13.0 Å². The Kier molecular flexibility index (Phi) is 12.8. The van der Waals surface area contributed by atoms with E-state index < -0.39 is 16.1 Å². The van der Waals surface area contributed by atoms with Gasteiger partial charge in [-0.3, -0.25) is 9.35 Å². The highest BCUT2D eigenvalue weighted by atomic mass is 32.2. The molecule has 0 saturated carbocycles. The smallest absolute Gasteiger partial charge is 0.305 e. The number of rotatable bonds is 21. The van der Waals surface area contributed by atoms with Crippen LogP contribution in [-0.4, -0.2) is 94.2 Å². The van der Waals surface area contributed by atoms with Crippen molar-refractivity contribution in [1.82, 2.24) is 4.98 Å². The number of nitrogens with zero attached hydrogens (tertiary/aromatic N) is 2. The number of hydrogen-bond donors (Lipinski definition) is 2. The first-order valence-electron chi connectivity index (χ1n) is 14.2. The Morgan fingerprint density at radius 2 is 1.52 bits per heavy atom. The van der Waals surface area contributed by atoms with Gasteiger partial charge in [0.1, 0.15) is 17.9 Å². The second kappa shape index (κ2) is 17.0. The van der Waals surface area contributed by atoms with Gasteiger partial charge < -0.3 is 33.2 Å². The third kappa shape index (κ3) is 10.8. The summed E-state index contributed by atoms with van der Waals surface area (Å²) in [5.74, 6) is -0.318. The summed E-state index contributed by atoms with van der Waals surface area (Å²) in [4.78, 5) is 15.1. The Bertz CT molecular complexity index is 1610. The molecule has 13 nitrogen and oxygen atoms in total. The monoisotopic (exact) mass is 633 g/mol. The summed E-state index contributed by atoms with van der Waals surface area (Å²) in [6.07, 6.45) is 0.136. The molecule has 0 saturated heterocycles. The topological polar surface area (TPSA) is 168 Å². The molecule has 0 fully saturated rings. The van der Waals surface area contributed by atoms with Gasteiger partial charge in [0, 0.05) is 23.6 Å². The molecule has 0 aliphatic heterocycles. The average Bonchev–Trinajstić information content (AvgIpc) is 3.42. The maximum Gasteiger partial charge on any atom is 0.305 e. The predicted molar refractivity (Wildman–Crippen MR) is 159 cm³/mol. The summed E-state index contributed by atoms with van der Waals surface area (Å²) in [6.45, 7) is 3.63. The lowest BCUT2D eigenvalue weighted by atomic mass is 10.2. The molecular formula is C30H37N2O11S+. The van der Waals surface area contributed by atoms with Crippen LogP contribution >= 0.6 is 0 Å². The van der Waals surface area contributed by atoms with E-state index in [0.29, 0.717) is 75.5 Å². The van der Waals surface area contributed by atoms with Crippen molar-refractivity contribution in [2.45, 2.75) is 19.4 Å². The molecular weight excluding hydrogens is 596 g/mol. The maximum absolute atomic E-state index is 10.9. The molecule has 2 aromatic carbocycles. The standard InChI is InChI=1S/C30H36N2O11S/c33-29(34)10-13-38-15-17-40-19-20-41-18-16-39-14-11-32-26-5-2-1-4-23(26)6-9-27(32)30-31-25-8-7-24(22-28(25)43-30)42-12-3-21-44(35,36)37/h1-2,4-9,22H,3,10-21H2,(H-,33,34,35,36,37)/p+1. The lowest BCUT2D eigenvalue weighted by Crippen LogP contribution is -2.39. The van der Waals surface area contributed by atoms with Crippen LogP contribution < -0.4 is 9.30 Å². The van der Waals surface area contributed by atoms with Crippen molar-refractivity contribution in [2.24, 2.45) is 0 Å².